The quantitative estimate of drug-likeness (QED) is 0.873. The van der Waals surface area contributed by atoms with E-state index in [4.69, 9.17) is 5.11 Å². The smallest absolute Gasteiger partial charge is 0.254 e. The Hall–Kier alpha value is -1.42. The number of benzene rings is 1. The van der Waals surface area contributed by atoms with Crippen LogP contribution >= 0.6 is 0 Å². The molecule has 1 heterocycles. The van der Waals surface area contributed by atoms with Gasteiger partial charge in [-0.05, 0) is 43.4 Å². The highest BCUT2D eigenvalue weighted by Crippen LogP contribution is 2.20. The van der Waals surface area contributed by atoms with Gasteiger partial charge >= 0.3 is 0 Å². The number of carbonyl (C=O) groups is 1. The highest BCUT2D eigenvalue weighted by molar-refractivity contribution is 5.95. The predicted molar refractivity (Wildman–Crippen MR) is 66.9 cm³/mol. The van der Waals surface area contributed by atoms with Gasteiger partial charge in [0.05, 0.1) is 0 Å². The van der Waals surface area contributed by atoms with Crippen molar-refractivity contribution >= 4 is 5.91 Å². The van der Waals surface area contributed by atoms with E-state index in [2.05, 4.69) is 0 Å². The number of nitrogens with zero attached hydrogens (tertiary/aromatic N) is 1. The molecule has 98 valence electrons. The maximum atomic E-state index is 13.2. The molecule has 0 atom stereocenters. The Morgan fingerprint density at radius 2 is 2.11 bits per heavy atom. The van der Waals surface area contributed by atoms with Crippen LogP contribution in [0.4, 0.5) is 4.39 Å². The molecule has 4 heteroatoms. The van der Waals surface area contributed by atoms with Gasteiger partial charge in [-0.25, -0.2) is 4.39 Å². The second-order valence-corrected chi connectivity index (χ2v) is 4.88. The van der Waals surface area contributed by atoms with Gasteiger partial charge in [-0.2, -0.15) is 0 Å². The number of aliphatic hydroxyl groups is 1. The first kappa shape index (κ1) is 13.0. The normalized spacial score (nSPS) is 16.9. The molecule has 3 nitrogen and oxygen atoms in total. The Morgan fingerprint density at radius 1 is 1.44 bits per heavy atom. The van der Waals surface area contributed by atoms with Crippen molar-refractivity contribution in [3.63, 3.8) is 0 Å². The van der Waals surface area contributed by atoms with Gasteiger partial charge in [0.15, 0.2) is 0 Å². The summed E-state index contributed by atoms with van der Waals surface area (Å²) in [6, 6.07) is 4.29. The molecule has 2 rings (SSSR count). The summed E-state index contributed by atoms with van der Waals surface area (Å²) in [5, 5.41) is 9.06. The average molecular weight is 251 g/mol. The largest absolute Gasteiger partial charge is 0.396 e. The molecule has 0 saturated carbocycles. The number of rotatable bonds is 2. The van der Waals surface area contributed by atoms with Crippen LogP contribution < -0.4 is 0 Å². The van der Waals surface area contributed by atoms with Crippen molar-refractivity contribution in [2.24, 2.45) is 5.92 Å². The van der Waals surface area contributed by atoms with Crippen molar-refractivity contribution < 1.29 is 14.3 Å². The SMILES string of the molecule is Cc1ccc(F)cc1C(=O)N1CCC(CO)CC1. The van der Waals surface area contributed by atoms with Gasteiger partial charge in [-0.3, -0.25) is 4.79 Å². The van der Waals surface area contributed by atoms with Crippen LogP contribution in [-0.2, 0) is 0 Å². The maximum absolute atomic E-state index is 13.2. The number of hydrogen-bond acceptors (Lipinski definition) is 2. The first-order valence-corrected chi connectivity index (χ1v) is 6.28. The molecule has 1 aromatic rings. The topological polar surface area (TPSA) is 40.5 Å². The van der Waals surface area contributed by atoms with Crippen LogP contribution in [0.3, 0.4) is 0 Å². The molecule has 0 radical (unpaired) electrons. The van der Waals surface area contributed by atoms with Crippen molar-refractivity contribution in [2.45, 2.75) is 19.8 Å². The lowest BCUT2D eigenvalue weighted by molar-refractivity contribution is 0.0649. The molecule has 0 aromatic heterocycles. The number of aliphatic hydroxyl groups excluding tert-OH is 1. The van der Waals surface area contributed by atoms with Crippen LogP contribution in [0.25, 0.3) is 0 Å². The van der Waals surface area contributed by atoms with Crippen LogP contribution in [0.2, 0.25) is 0 Å². The predicted octanol–water partition coefficient (Wildman–Crippen LogP) is 1.98. The number of amides is 1. The van der Waals surface area contributed by atoms with Gasteiger partial charge in [0.25, 0.3) is 5.91 Å². The highest BCUT2D eigenvalue weighted by Gasteiger charge is 2.24. The van der Waals surface area contributed by atoms with Crippen LogP contribution in [0.5, 0.6) is 0 Å². The van der Waals surface area contributed by atoms with E-state index < -0.39 is 0 Å². The van der Waals surface area contributed by atoms with Crippen molar-refractivity contribution in [3.8, 4) is 0 Å². The van der Waals surface area contributed by atoms with Crippen molar-refractivity contribution in [1.29, 1.82) is 0 Å². The second-order valence-electron chi connectivity index (χ2n) is 4.88. The minimum atomic E-state index is -0.380. The van der Waals surface area contributed by atoms with E-state index >= 15 is 0 Å². The molecule has 0 unspecified atom stereocenters. The van der Waals surface area contributed by atoms with E-state index in [1.165, 1.54) is 12.1 Å². The van der Waals surface area contributed by atoms with Gasteiger partial charge in [-0.1, -0.05) is 6.07 Å². The number of likely N-dealkylation sites (tertiary alicyclic amines) is 1. The molecule has 1 amide bonds. The standard InChI is InChI=1S/C14H18FNO2/c1-10-2-3-12(15)8-13(10)14(18)16-6-4-11(9-17)5-7-16/h2-3,8,11,17H,4-7,9H2,1H3. The second kappa shape index (κ2) is 5.48. The Labute approximate surface area is 106 Å². The molecule has 0 bridgehead atoms. The fourth-order valence-electron chi connectivity index (χ4n) is 2.31. The fourth-order valence-corrected chi connectivity index (χ4v) is 2.31. The van der Waals surface area contributed by atoms with E-state index in [1.807, 2.05) is 6.92 Å². The van der Waals surface area contributed by atoms with Crippen molar-refractivity contribution in [2.75, 3.05) is 19.7 Å². The zero-order valence-corrected chi connectivity index (χ0v) is 10.5. The van der Waals surface area contributed by atoms with Crippen LogP contribution in [0.1, 0.15) is 28.8 Å². The van der Waals surface area contributed by atoms with Gasteiger partial charge in [0.2, 0.25) is 0 Å². The monoisotopic (exact) mass is 251 g/mol. The maximum Gasteiger partial charge on any atom is 0.254 e. The lowest BCUT2D eigenvalue weighted by Gasteiger charge is -2.31. The molecule has 0 spiro atoms. The molecule has 1 aromatic carbocycles. The molecule has 1 saturated heterocycles. The molecular formula is C14H18FNO2. The van der Waals surface area contributed by atoms with Crippen LogP contribution in [-0.4, -0.2) is 35.6 Å². The summed E-state index contributed by atoms with van der Waals surface area (Å²) in [4.78, 5) is 14.0. The number of hydrogen-bond donors (Lipinski definition) is 1. The molecule has 1 aliphatic heterocycles. The number of carbonyl (C=O) groups excluding carboxylic acids is 1. The summed E-state index contributed by atoms with van der Waals surface area (Å²) < 4.78 is 13.2. The summed E-state index contributed by atoms with van der Waals surface area (Å²) in [5.41, 5.74) is 1.24. The van der Waals surface area contributed by atoms with E-state index in [9.17, 15) is 9.18 Å². The molecule has 0 aliphatic carbocycles. The highest BCUT2D eigenvalue weighted by atomic mass is 19.1. The third-order valence-electron chi connectivity index (χ3n) is 3.59. The third-order valence-corrected chi connectivity index (χ3v) is 3.59. The summed E-state index contributed by atoms with van der Waals surface area (Å²) in [6.45, 7) is 3.27. The van der Waals surface area contributed by atoms with E-state index in [1.54, 1.807) is 11.0 Å². The van der Waals surface area contributed by atoms with Gasteiger partial charge in [0.1, 0.15) is 5.82 Å². The van der Waals surface area contributed by atoms with E-state index in [0.717, 1.165) is 18.4 Å². The lowest BCUT2D eigenvalue weighted by Crippen LogP contribution is -2.39. The molecule has 1 N–H and O–H groups in total. The Bertz CT molecular complexity index is 439. The molecule has 1 aliphatic rings. The summed E-state index contributed by atoms with van der Waals surface area (Å²) >= 11 is 0. The fraction of sp³-hybridized carbons (Fsp3) is 0.500. The first-order chi connectivity index (χ1) is 8.61. The minimum absolute atomic E-state index is 0.108. The molecule has 1 fully saturated rings. The Balaban J connectivity index is 2.10. The van der Waals surface area contributed by atoms with Gasteiger partial charge in [-0.15, -0.1) is 0 Å². The molecular weight excluding hydrogens is 233 g/mol. The zero-order chi connectivity index (χ0) is 13.1. The zero-order valence-electron chi connectivity index (χ0n) is 10.5. The van der Waals surface area contributed by atoms with E-state index in [0.29, 0.717) is 24.6 Å². The third kappa shape index (κ3) is 2.70. The van der Waals surface area contributed by atoms with Gasteiger partial charge in [0, 0.05) is 25.3 Å². The lowest BCUT2D eigenvalue weighted by atomic mass is 9.97. The van der Waals surface area contributed by atoms with E-state index in [-0.39, 0.29) is 18.3 Å². The number of aryl methyl sites for hydroxylation is 1. The summed E-state index contributed by atoms with van der Waals surface area (Å²) in [6.07, 6.45) is 1.63. The molecule has 18 heavy (non-hydrogen) atoms. The Morgan fingerprint density at radius 3 is 2.72 bits per heavy atom. The van der Waals surface area contributed by atoms with Crippen LogP contribution in [0, 0.1) is 18.7 Å². The average Bonchev–Trinajstić information content (AvgIpc) is 2.41. The Kier molecular flexibility index (Phi) is 3.97. The minimum Gasteiger partial charge on any atom is -0.396 e. The van der Waals surface area contributed by atoms with Gasteiger partial charge < -0.3 is 10.0 Å². The first-order valence-electron chi connectivity index (χ1n) is 6.28. The number of halogens is 1. The summed E-state index contributed by atoms with van der Waals surface area (Å²) in [5.74, 6) is -0.194. The summed E-state index contributed by atoms with van der Waals surface area (Å²) in [7, 11) is 0. The number of piperidine rings is 1. The van der Waals surface area contributed by atoms with Crippen molar-refractivity contribution in [3.05, 3.63) is 35.1 Å². The van der Waals surface area contributed by atoms with Crippen molar-refractivity contribution in [1.82, 2.24) is 4.90 Å². The van der Waals surface area contributed by atoms with Crippen LogP contribution in [0.15, 0.2) is 18.2 Å².